The molecule has 4 heteroatoms. The molecule has 0 amide bonds. The van der Waals surface area contributed by atoms with Gasteiger partial charge >= 0.3 is 5.97 Å². The molecule has 1 aromatic rings. The van der Waals surface area contributed by atoms with E-state index in [2.05, 4.69) is 13.0 Å². The van der Waals surface area contributed by atoms with Gasteiger partial charge in [-0.15, -0.1) is 11.3 Å². The van der Waals surface area contributed by atoms with Gasteiger partial charge in [0, 0.05) is 9.75 Å². The van der Waals surface area contributed by atoms with Crippen molar-refractivity contribution in [2.24, 2.45) is 0 Å². The van der Waals surface area contributed by atoms with Crippen LogP contribution in [-0.4, -0.2) is 30.1 Å². The van der Waals surface area contributed by atoms with Crippen LogP contribution >= 0.6 is 11.3 Å². The summed E-state index contributed by atoms with van der Waals surface area (Å²) >= 11 is 1.71. The van der Waals surface area contributed by atoms with E-state index in [1.54, 1.807) is 11.3 Å². The van der Waals surface area contributed by atoms with Crippen molar-refractivity contribution in [1.82, 2.24) is 4.90 Å². The Morgan fingerprint density at radius 3 is 2.60 bits per heavy atom. The SMILES string of the molecule is CCc1ccc(C(CC(=O)O)N(C)C)s1. The summed E-state index contributed by atoms with van der Waals surface area (Å²) in [5.74, 6) is -0.750. The minimum absolute atomic E-state index is 0.00667. The van der Waals surface area contributed by atoms with E-state index in [9.17, 15) is 4.79 Å². The van der Waals surface area contributed by atoms with Gasteiger partial charge in [0.1, 0.15) is 0 Å². The Morgan fingerprint density at radius 2 is 2.20 bits per heavy atom. The number of hydrogen-bond donors (Lipinski definition) is 1. The molecule has 0 aliphatic carbocycles. The first-order valence-corrected chi connectivity index (χ1v) is 5.83. The number of aryl methyl sites for hydroxylation is 1. The Kier molecular flexibility index (Phi) is 4.29. The number of aliphatic carboxylic acids is 1. The summed E-state index contributed by atoms with van der Waals surface area (Å²) in [7, 11) is 3.83. The van der Waals surface area contributed by atoms with Crippen LogP contribution in [-0.2, 0) is 11.2 Å². The van der Waals surface area contributed by atoms with Gasteiger partial charge in [-0.2, -0.15) is 0 Å². The molecule has 0 aliphatic rings. The second-order valence-corrected chi connectivity index (χ2v) is 4.93. The summed E-state index contributed by atoms with van der Waals surface area (Å²) in [6.07, 6.45) is 1.18. The number of thiophene rings is 1. The lowest BCUT2D eigenvalue weighted by Crippen LogP contribution is -2.21. The predicted octanol–water partition coefficient (Wildman–Crippen LogP) is 2.39. The zero-order valence-electron chi connectivity index (χ0n) is 9.36. The van der Waals surface area contributed by atoms with Gasteiger partial charge in [-0.25, -0.2) is 0 Å². The molecule has 1 unspecified atom stereocenters. The highest BCUT2D eigenvalue weighted by Gasteiger charge is 2.19. The molecular weight excluding hydrogens is 210 g/mol. The highest BCUT2D eigenvalue weighted by molar-refractivity contribution is 7.12. The Balaban J connectivity index is 2.83. The first-order valence-electron chi connectivity index (χ1n) is 5.01. The molecule has 0 bridgehead atoms. The predicted molar refractivity (Wildman–Crippen MR) is 62.4 cm³/mol. The van der Waals surface area contributed by atoms with Crippen LogP contribution in [0.3, 0.4) is 0 Å². The van der Waals surface area contributed by atoms with Crippen LogP contribution in [0.2, 0.25) is 0 Å². The van der Waals surface area contributed by atoms with Gasteiger partial charge in [0.25, 0.3) is 0 Å². The van der Waals surface area contributed by atoms with Crippen molar-refractivity contribution < 1.29 is 9.90 Å². The molecule has 0 aromatic carbocycles. The molecule has 0 spiro atoms. The molecule has 3 nitrogen and oxygen atoms in total. The van der Waals surface area contributed by atoms with Crippen molar-refractivity contribution in [3.05, 3.63) is 21.9 Å². The van der Waals surface area contributed by atoms with Gasteiger partial charge in [-0.3, -0.25) is 4.79 Å². The summed E-state index contributed by atoms with van der Waals surface area (Å²) in [4.78, 5) is 15.1. The number of carboxylic acid groups (broad SMARTS) is 1. The Bertz CT molecular complexity index is 333. The molecule has 15 heavy (non-hydrogen) atoms. The second-order valence-electron chi connectivity index (χ2n) is 3.73. The lowest BCUT2D eigenvalue weighted by atomic mass is 10.1. The molecule has 0 saturated carbocycles. The third kappa shape index (κ3) is 3.32. The van der Waals surface area contributed by atoms with Crippen molar-refractivity contribution in [1.29, 1.82) is 0 Å². The van der Waals surface area contributed by atoms with Gasteiger partial charge in [0.15, 0.2) is 0 Å². The van der Waals surface area contributed by atoms with E-state index >= 15 is 0 Å². The van der Waals surface area contributed by atoms with Crippen LogP contribution < -0.4 is 0 Å². The molecule has 0 fully saturated rings. The molecular formula is C11H17NO2S. The average Bonchev–Trinajstić information content (AvgIpc) is 2.61. The van der Waals surface area contributed by atoms with Crippen LogP contribution in [0, 0.1) is 0 Å². The van der Waals surface area contributed by atoms with Gasteiger partial charge in [-0.1, -0.05) is 6.92 Å². The van der Waals surface area contributed by atoms with Crippen molar-refractivity contribution in [3.8, 4) is 0 Å². The fourth-order valence-electron chi connectivity index (χ4n) is 1.47. The summed E-state index contributed by atoms with van der Waals surface area (Å²) in [6, 6.07) is 4.11. The molecule has 1 aromatic heterocycles. The molecule has 0 saturated heterocycles. The van der Waals surface area contributed by atoms with E-state index in [0.29, 0.717) is 0 Å². The van der Waals surface area contributed by atoms with Gasteiger partial charge < -0.3 is 10.0 Å². The second kappa shape index (κ2) is 5.28. The maximum atomic E-state index is 10.7. The fourth-order valence-corrected chi connectivity index (χ4v) is 2.62. The molecule has 0 aliphatic heterocycles. The number of carbonyl (C=O) groups is 1. The van der Waals surface area contributed by atoms with E-state index in [4.69, 9.17) is 5.11 Å². The van der Waals surface area contributed by atoms with Crippen molar-refractivity contribution >= 4 is 17.3 Å². The number of rotatable bonds is 5. The van der Waals surface area contributed by atoms with Crippen LogP contribution in [0.15, 0.2) is 12.1 Å². The van der Waals surface area contributed by atoms with Gasteiger partial charge in [0.2, 0.25) is 0 Å². The monoisotopic (exact) mass is 227 g/mol. The molecule has 1 rings (SSSR count). The third-order valence-corrected chi connectivity index (χ3v) is 3.68. The molecule has 1 heterocycles. The fraction of sp³-hybridized carbons (Fsp3) is 0.545. The van der Waals surface area contributed by atoms with E-state index in [1.807, 2.05) is 25.1 Å². The first kappa shape index (κ1) is 12.2. The van der Waals surface area contributed by atoms with Crippen molar-refractivity contribution in [2.75, 3.05) is 14.1 Å². The summed E-state index contributed by atoms with van der Waals surface area (Å²) < 4.78 is 0. The molecule has 0 radical (unpaired) electrons. The summed E-state index contributed by atoms with van der Waals surface area (Å²) in [5, 5.41) is 8.84. The quantitative estimate of drug-likeness (QED) is 0.839. The largest absolute Gasteiger partial charge is 0.481 e. The smallest absolute Gasteiger partial charge is 0.305 e. The van der Waals surface area contributed by atoms with Gasteiger partial charge in [-0.05, 0) is 32.6 Å². The average molecular weight is 227 g/mol. The Hall–Kier alpha value is -0.870. The van der Waals surface area contributed by atoms with Crippen molar-refractivity contribution in [2.45, 2.75) is 25.8 Å². The van der Waals surface area contributed by atoms with E-state index in [1.165, 1.54) is 4.88 Å². The minimum Gasteiger partial charge on any atom is -0.481 e. The van der Waals surface area contributed by atoms with Crippen LogP contribution in [0.4, 0.5) is 0 Å². The molecule has 1 atom stereocenters. The van der Waals surface area contributed by atoms with E-state index < -0.39 is 5.97 Å². The van der Waals surface area contributed by atoms with E-state index in [0.717, 1.165) is 11.3 Å². The van der Waals surface area contributed by atoms with Crippen molar-refractivity contribution in [3.63, 3.8) is 0 Å². The van der Waals surface area contributed by atoms with Gasteiger partial charge in [0.05, 0.1) is 12.5 Å². The first-order chi connectivity index (χ1) is 7.04. The maximum Gasteiger partial charge on any atom is 0.305 e. The Morgan fingerprint density at radius 1 is 1.53 bits per heavy atom. The topological polar surface area (TPSA) is 40.5 Å². The Labute approximate surface area is 94.3 Å². The standard InChI is InChI=1S/C11H17NO2S/c1-4-8-5-6-10(15-8)9(12(2)3)7-11(13)14/h5-6,9H,4,7H2,1-3H3,(H,13,14). The lowest BCUT2D eigenvalue weighted by molar-refractivity contribution is -0.138. The van der Waals surface area contributed by atoms with Crippen LogP contribution in [0.1, 0.15) is 29.1 Å². The summed E-state index contributed by atoms with van der Waals surface area (Å²) in [6.45, 7) is 2.11. The zero-order chi connectivity index (χ0) is 11.4. The van der Waals surface area contributed by atoms with Crippen LogP contribution in [0.5, 0.6) is 0 Å². The molecule has 84 valence electrons. The number of hydrogen-bond acceptors (Lipinski definition) is 3. The molecule has 1 N–H and O–H groups in total. The maximum absolute atomic E-state index is 10.7. The number of carboxylic acids is 1. The van der Waals surface area contributed by atoms with E-state index in [-0.39, 0.29) is 12.5 Å². The van der Waals surface area contributed by atoms with Crippen LogP contribution in [0.25, 0.3) is 0 Å². The number of nitrogens with zero attached hydrogens (tertiary/aromatic N) is 1. The highest BCUT2D eigenvalue weighted by Crippen LogP contribution is 2.29. The lowest BCUT2D eigenvalue weighted by Gasteiger charge is -2.21. The highest BCUT2D eigenvalue weighted by atomic mass is 32.1. The zero-order valence-corrected chi connectivity index (χ0v) is 10.2. The minimum atomic E-state index is -0.750. The normalized spacial score (nSPS) is 13.1. The summed E-state index contributed by atoms with van der Waals surface area (Å²) in [5.41, 5.74) is 0. The third-order valence-electron chi connectivity index (χ3n) is 2.35.